The van der Waals surface area contributed by atoms with Gasteiger partial charge >= 0.3 is 17.9 Å². The predicted octanol–water partition coefficient (Wildman–Crippen LogP) is 20.1. The van der Waals surface area contributed by atoms with Crippen LogP contribution in [0.2, 0.25) is 0 Å². The van der Waals surface area contributed by atoms with E-state index in [1.807, 2.05) is 0 Å². The Morgan fingerprint density at radius 3 is 0.806 bits per heavy atom. The molecule has 0 radical (unpaired) electrons. The lowest BCUT2D eigenvalue weighted by Gasteiger charge is -2.18. The summed E-state index contributed by atoms with van der Waals surface area (Å²) in [5.74, 6) is -0.870. The Balaban J connectivity index is 3.85. The predicted molar refractivity (Wildman–Crippen MR) is 289 cm³/mol. The van der Waals surface area contributed by atoms with Crippen molar-refractivity contribution in [2.75, 3.05) is 13.2 Å². The molecule has 1 atom stereocenters. The summed E-state index contributed by atoms with van der Waals surface area (Å²) in [5.41, 5.74) is 0. The Morgan fingerprint density at radius 2 is 0.522 bits per heavy atom. The number of allylic oxidation sites excluding steroid dienone is 2. The van der Waals surface area contributed by atoms with Crippen LogP contribution in [0, 0.1) is 0 Å². The summed E-state index contributed by atoms with van der Waals surface area (Å²) in [6.07, 6.45) is 65.6. The number of hydrogen-bond acceptors (Lipinski definition) is 6. The van der Waals surface area contributed by atoms with Crippen LogP contribution >= 0.6 is 0 Å². The summed E-state index contributed by atoms with van der Waals surface area (Å²) in [7, 11) is 0. The molecule has 0 amide bonds. The maximum absolute atomic E-state index is 12.7. The molecule has 0 heterocycles. The summed E-state index contributed by atoms with van der Waals surface area (Å²) in [6.45, 7) is 6.57. The van der Waals surface area contributed by atoms with Crippen molar-refractivity contribution in [3.8, 4) is 0 Å². The van der Waals surface area contributed by atoms with Gasteiger partial charge in [-0.15, -0.1) is 0 Å². The van der Waals surface area contributed by atoms with Gasteiger partial charge in [0.1, 0.15) is 13.2 Å². The van der Waals surface area contributed by atoms with Crippen molar-refractivity contribution < 1.29 is 28.6 Å². The van der Waals surface area contributed by atoms with E-state index in [0.29, 0.717) is 19.3 Å². The maximum atomic E-state index is 12.7. The average Bonchev–Trinajstić information content (AvgIpc) is 3.33. The second-order valence-corrected chi connectivity index (χ2v) is 20.6. The molecule has 67 heavy (non-hydrogen) atoms. The van der Waals surface area contributed by atoms with E-state index in [9.17, 15) is 14.4 Å². The number of carbonyl (C=O) groups excluding carboxylic acids is 3. The highest BCUT2D eigenvalue weighted by atomic mass is 16.6. The van der Waals surface area contributed by atoms with Crippen molar-refractivity contribution in [3.05, 3.63) is 12.2 Å². The van der Waals surface area contributed by atoms with Crippen molar-refractivity contribution in [2.24, 2.45) is 0 Å². The lowest BCUT2D eigenvalue weighted by molar-refractivity contribution is -0.167. The molecule has 1 unspecified atom stereocenters. The van der Waals surface area contributed by atoms with Crippen molar-refractivity contribution in [2.45, 2.75) is 348 Å². The Labute approximate surface area is 418 Å². The topological polar surface area (TPSA) is 78.9 Å². The van der Waals surface area contributed by atoms with Gasteiger partial charge in [-0.2, -0.15) is 0 Å². The van der Waals surface area contributed by atoms with Gasteiger partial charge in [-0.3, -0.25) is 14.4 Å². The summed E-state index contributed by atoms with van der Waals surface area (Å²) >= 11 is 0. The number of hydrogen-bond donors (Lipinski definition) is 0. The monoisotopic (exact) mass is 945 g/mol. The fraction of sp³-hybridized carbons (Fsp3) is 0.918. The summed E-state index contributed by atoms with van der Waals surface area (Å²) in [5, 5.41) is 0. The van der Waals surface area contributed by atoms with Crippen LogP contribution in [-0.4, -0.2) is 37.2 Å². The first-order valence-electron chi connectivity index (χ1n) is 30.2. The number of carbonyl (C=O) groups is 3. The Hall–Kier alpha value is -1.85. The summed E-state index contributed by atoms with van der Waals surface area (Å²) < 4.78 is 16.7. The van der Waals surface area contributed by atoms with E-state index in [0.717, 1.165) is 70.6 Å². The Kier molecular flexibility index (Phi) is 55.2. The van der Waals surface area contributed by atoms with Crippen LogP contribution in [0.4, 0.5) is 0 Å². The van der Waals surface area contributed by atoms with E-state index < -0.39 is 6.10 Å². The van der Waals surface area contributed by atoms with Crippen LogP contribution in [0.5, 0.6) is 0 Å². The van der Waals surface area contributed by atoms with E-state index in [1.165, 1.54) is 231 Å². The minimum absolute atomic E-state index is 0.0690. The fourth-order valence-electron chi connectivity index (χ4n) is 9.21. The van der Waals surface area contributed by atoms with Gasteiger partial charge in [0.2, 0.25) is 0 Å². The zero-order valence-electron chi connectivity index (χ0n) is 45.5. The Bertz CT molecular complexity index is 1040. The molecule has 396 valence electrons. The molecule has 0 bridgehead atoms. The molecule has 0 spiro atoms. The molecule has 0 aromatic heterocycles. The Morgan fingerprint density at radius 1 is 0.284 bits per heavy atom. The van der Waals surface area contributed by atoms with Crippen molar-refractivity contribution >= 4 is 17.9 Å². The average molecular weight is 946 g/mol. The smallest absolute Gasteiger partial charge is 0.306 e. The third-order valence-electron chi connectivity index (χ3n) is 13.8. The van der Waals surface area contributed by atoms with Gasteiger partial charge in [0.25, 0.3) is 0 Å². The number of unbranched alkanes of at least 4 members (excludes halogenated alkanes) is 43. The summed E-state index contributed by atoms with van der Waals surface area (Å²) in [4.78, 5) is 37.8. The number of ether oxygens (including phenoxy) is 3. The first-order chi connectivity index (χ1) is 33.0. The SMILES string of the molecule is CCC/C=C\CCCCCCCC(=O)OC(COC(=O)CCCCCCCCC)COC(=O)CCCCCCCCCCCCCCCCCCCCCCCCCCCCCCCCCC. The van der Waals surface area contributed by atoms with E-state index in [2.05, 4.69) is 32.9 Å². The fourth-order valence-corrected chi connectivity index (χ4v) is 9.21. The highest BCUT2D eigenvalue weighted by Crippen LogP contribution is 2.18. The van der Waals surface area contributed by atoms with Crippen molar-refractivity contribution in [3.63, 3.8) is 0 Å². The molecular formula is C61H116O6. The van der Waals surface area contributed by atoms with E-state index in [-0.39, 0.29) is 31.1 Å². The highest BCUT2D eigenvalue weighted by Gasteiger charge is 2.19. The molecule has 0 saturated heterocycles. The molecule has 0 aliphatic rings. The van der Waals surface area contributed by atoms with Crippen LogP contribution in [0.1, 0.15) is 342 Å². The third-order valence-corrected chi connectivity index (χ3v) is 13.8. The first-order valence-corrected chi connectivity index (χ1v) is 30.2. The zero-order valence-corrected chi connectivity index (χ0v) is 45.5. The molecule has 0 aromatic carbocycles. The second kappa shape index (κ2) is 56.7. The first kappa shape index (κ1) is 65.1. The van der Waals surface area contributed by atoms with Crippen LogP contribution in [0.25, 0.3) is 0 Å². The van der Waals surface area contributed by atoms with Gasteiger partial charge in [-0.25, -0.2) is 0 Å². The number of esters is 3. The normalized spacial score (nSPS) is 12.0. The molecule has 0 aliphatic heterocycles. The largest absolute Gasteiger partial charge is 0.462 e. The van der Waals surface area contributed by atoms with Crippen LogP contribution in [0.3, 0.4) is 0 Å². The second-order valence-electron chi connectivity index (χ2n) is 20.6. The van der Waals surface area contributed by atoms with Crippen LogP contribution in [-0.2, 0) is 28.6 Å². The molecule has 0 N–H and O–H groups in total. The molecule has 0 aliphatic carbocycles. The quantitative estimate of drug-likeness (QED) is 0.0262. The molecule has 0 rings (SSSR count). The van der Waals surface area contributed by atoms with E-state index in [4.69, 9.17) is 14.2 Å². The molecule has 0 aromatic rings. The lowest BCUT2D eigenvalue weighted by Crippen LogP contribution is -2.30. The molecule has 0 saturated carbocycles. The van der Waals surface area contributed by atoms with Gasteiger partial charge in [0.05, 0.1) is 0 Å². The van der Waals surface area contributed by atoms with Gasteiger partial charge < -0.3 is 14.2 Å². The number of rotatable bonds is 56. The lowest BCUT2D eigenvalue weighted by atomic mass is 10.0. The molecule has 6 nitrogen and oxygen atoms in total. The highest BCUT2D eigenvalue weighted by molar-refractivity contribution is 5.71. The standard InChI is InChI=1S/C61H116O6/c1-4-7-10-13-16-18-20-21-22-23-24-25-26-27-28-29-30-31-32-33-34-35-36-37-38-39-40-41-43-45-48-51-54-60(63)66-57-58(56-65-59(62)53-50-47-44-15-12-9-6-3)67-61(64)55-52-49-46-42-19-17-14-11-8-5-2/h11,14,58H,4-10,12-13,15-57H2,1-3H3/b14-11-. The van der Waals surface area contributed by atoms with Crippen molar-refractivity contribution in [1.82, 2.24) is 0 Å². The van der Waals surface area contributed by atoms with Crippen LogP contribution < -0.4 is 0 Å². The van der Waals surface area contributed by atoms with Gasteiger partial charge in [0.15, 0.2) is 6.10 Å². The molecule has 0 fully saturated rings. The van der Waals surface area contributed by atoms with Gasteiger partial charge in [0, 0.05) is 19.3 Å². The van der Waals surface area contributed by atoms with Gasteiger partial charge in [-0.05, 0) is 38.5 Å². The van der Waals surface area contributed by atoms with E-state index in [1.54, 1.807) is 0 Å². The van der Waals surface area contributed by atoms with E-state index >= 15 is 0 Å². The third kappa shape index (κ3) is 55.0. The van der Waals surface area contributed by atoms with Crippen LogP contribution in [0.15, 0.2) is 12.2 Å². The minimum atomic E-state index is -0.766. The van der Waals surface area contributed by atoms with Crippen molar-refractivity contribution in [1.29, 1.82) is 0 Å². The maximum Gasteiger partial charge on any atom is 0.306 e. The van der Waals surface area contributed by atoms with Gasteiger partial charge in [-0.1, -0.05) is 296 Å². The molecule has 6 heteroatoms. The minimum Gasteiger partial charge on any atom is -0.462 e. The zero-order chi connectivity index (χ0) is 48.6. The molecular weight excluding hydrogens is 829 g/mol. The summed E-state index contributed by atoms with van der Waals surface area (Å²) in [6, 6.07) is 0.